The van der Waals surface area contributed by atoms with Crippen molar-refractivity contribution >= 4 is 17.5 Å². The second-order valence-corrected chi connectivity index (χ2v) is 7.26. The highest BCUT2D eigenvalue weighted by molar-refractivity contribution is 5.98. The van der Waals surface area contributed by atoms with E-state index < -0.39 is 6.10 Å². The van der Waals surface area contributed by atoms with Crippen LogP contribution in [0.15, 0.2) is 67.3 Å². The molecule has 2 amide bonds. The van der Waals surface area contributed by atoms with Gasteiger partial charge in [-0.3, -0.25) is 9.59 Å². The molecule has 2 aromatic carbocycles. The van der Waals surface area contributed by atoms with Crippen LogP contribution in [-0.4, -0.2) is 34.1 Å². The lowest BCUT2D eigenvalue weighted by Gasteiger charge is -2.13. The molecule has 1 aromatic heterocycles. The monoisotopic (exact) mass is 404 g/mol. The first kappa shape index (κ1) is 19.8. The summed E-state index contributed by atoms with van der Waals surface area (Å²) in [6.45, 7) is 1.72. The summed E-state index contributed by atoms with van der Waals surface area (Å²) >= 11 is 0. The van der Waals surface area contributed by atoms with Crippen molar-refractivity contribution in [3.63, 3.8) is 0 Å². The molecule has 0 bridgehead atoms. The Morgan fingerprint density at radius 3 is 2.77 bits per heavy atom. The smallest absolute Gasteiger partial charge is 0.253 e. The van der Waals surface area contributed by atoms with Crippen LogP contribution in [0.25, 0.3) is 0 Å². The molecule has 1 aliphatic rings. The summed E-state index contributed by atoms with van der Waals surface area (Å²) in [7, 11) is 0. The number of carbonyl (C=O) groups is 2. The fourth-order valence-corrected chi connectivity index (χ4v) is 3.48. The Morgan fingerprint density at radius 2 is 2.00 bits per heavy atom. The second kappa shape index (κ2) is 9.37. The summed E-state index contributed by atoms with van der Waals surface area (Å²) in [6.07, 6.45) is 6.63. The zero-order chi connectivity index (χ0) is 20.8. The lowest BCUT2D eigenvalue weighted by atomic mass is 10.1. The average Bonchev–Trinajstić information content (AvgIpc) is 3.47. The van der Waals surface area contributed by atoms with Crippen molar-refractivity contribution in [2.45, 2.75) is 32.0 Å². The van der Waals surface area contributed by atoms with E-state index in [0.717, 1.165) is 24.0 Å². The molecule has 1 fully saturated rings. The molecule has 4 rings (SSSR count). The van der Waals surface area contributed by atoms with Crippen LogP contribution in [0.3, 0.4) is 0 Å². The van der Waals surface area contributed by atoms with Crippen LogP contribution in [0.5, 0.6) is 0 Å². The molecule has 3 aromatic rings. The highest BCUT2D eigenvalue weighted by Crippen LogP contribution is 2.17. The maximum atomic E-state index is 12.7. The number of aromatic nitrogens is 2. The van der Waals surface area contributed by atoms with Gasteiger partial charge in [0.15, 0.2) is 0 Å². The maximum absolute atomic E-state index is 12.7. The van der Waals surface area contributed by atoms with Crippen LogP contribution in [0.4, 0.5) is 5.69 Å². The maximum Gasteiger partial charge on any atom is 0.253 e. The number of nitrogens with zero attached hydrogens (tertiary/aromatic N) is 2. The van der Waals surface area contributed by atoms with E-state index in [1.807, 2.05) is 35.0 Å². The molecule has 0 radical (unpaired) electrons. The normalized spacial score (nSPS) is 15.7. The first-order valence-corrected chi connectivity index (χ1v) is 10.0. The number of amides is 2. The van der Waals surface area contributed by atoms with Gasteiger partial charge in [-0.05, 0) is 42.2 Å². The highest BCUT2D eigenvalue weighted by Gasteiger charge is 2.23. The lowest BCUT2D eigenvalue weighted by Crippen LogP contribution is -2.27. The molecule has 154 valence electrons. The zero-order valence-electron chi connectivity index (χ0n) is 16.6. The van der Waals surface area contributed by atoms with Gasteiger partial charge in [0.2, 0.25) is 0 Å². The average molecular weight is 404 g/mol. The van der Waals surface area contributed by atoms with Gasteiger partial charge in [0, 0.05) is 43.3 Å². The molecule has 2 N–H and O–H groups in total. The van der Waals surface area contributed by atoms with Gasteiger partial charge < -0.3 is 19.9 Å². The van der Waals surface area contributed by atoms with Gasteiger partial charge in [-0.2, -0.15) is 0 Å². The minimum Gasteiger partial charge on any atom is -0.368 e. The number of nitrogens with one attached hydrogen (secondary N) is 2. The van der Waals surface area contributed by atoms with Crippen LogP contribution in [0.2, 0.25) is 0 Å². The fraction of sp³-hybridized carbons (Fsp3) is 0.261. The quantitative estimate of drug-likeness (QED) is 0.634. The molecule has 7 heteroatoms. The van der Waals surface area contributed by atoms with Crippen LogP contribution < -0.4 is 10.6 Å². The molecule has 1 saturated heterocycles. The van der Waals surface area contributed by atoms with E-state index in [-0.39, 0.29) is 11.8 Å². The van der Waals surface area contributed by atoms with E-state index in [0.29, 0.717) is 30.9 Å². The van der Waals surface area contributed by atoms with Crippen molar-refractivity contribution in [3.8, 4) is 0 Å². The van der Waals surface area contributed by atoms with Crippen molar-refractivity contribution in [2.75, 3.05) is 11.9 Å². The predicted octanol–water partition coefficient (Wildman–Crippen LogP) is 2.98. The van der Waals surface area contributed by atoms with Gasteiger partial charge in [-0.25, -0.2) is 4.98 Å². The van der Waals surface area contributed by atoms with Gasteiger partial charge in [0.25, 0.3) is 11.8 Å². The molecule has 1 aliphatic heterocycles. The van der Waals surface area contributed by atoms with Crippen molar-refractivity contribution in [1.82, 2.24) is 14.9 Å². The Kier molecular flexibility index (Phi) is 6.20. The molecular weight excluding hydrogens is 380 g/mol. The number of hydrogen-bond donors (Lipinski definition) is 2. The zero-order valence-corrected chi connectivity index (χ0v) is 16.6. The SMILES string of the molecule is O=C(NCc1ccccc1Cn1ccnc1)c1cccc(NC(=O)C2CCCO2)c1. The molecule has 0 saturated carbocycles. The van der Waals surface area contributed by atoms with Gasteiger partial charge in [0.05, 0.1) is 6.33 Å². The molecule has 0 aliphatic carbocycles. The Labute approximate surface area is 175 Å². The second-order valence-electron chi connectivity index (χ2n) is 7.26. The number of hydrogen-bond acceptors (Lipinski definition) is 4. The highest BCUT2D eigenvalue weighted by atomic mass is 16.5. The van der Waals surface area contributed by atoms with E-state index >= 15 is 0 Å². The van der Waals surface area contributed by atoms with E-state index in [2.05, 4.69) is 15.6 Å². The molecule has 1 unspecified atom stereocenters. The molecule has 1 atom stereocenters. The fourth-order valence-electron chi connectivity index (χ4n) is 3.48. The number of ether oxygens (including phenoxy) is 1. The van der Waals surface area contributed by atoms with E-state index in [4.69, 9.17) is 4.74 Å². The summed E-state index contributed by atoms with van der Waals surface area (Å²) in [6, 6.07) is 14.9. The van der Waals surface area contributed by atoms with Crippen molar-refractivity contribution in [1.29, 1.82) is 0 Å². The van der Waals surface area contributed by atoms with E-state index in [9.17, 15) is 9.59 Å². The third kappa shape index (κ3) is 4.93. The topological polar surface area (TPSA) is 85.3 Å². The van der Waals surface area contributed by atoms with Gasteiger partial charge in [-0.1, -0.05) is 30.3 Å². The largest absolute Gasteiger partial charge is 0.368 e. The predicted molar refractivity (Wildman–Crippen MR) is 113 cm³/mol. The Balaban J connectivity index is 1.38. The van der Waals surface area contributed by atoms with E-state index in [1.165, 1.54) is 0 Å². The third-order valence-electron chi connectivity index (χ3n) is 5.08. The number of anilines is 1. The van der Waals surface area contributed by atoms with E-state index in [1.54, 1.807) is 36.8 Å². The standard InChI is InChI=1S/C23H24N4O3/c28-22(17-7-3-8-20(13-17)26-23(29)21-9-4-12-30-21)25-14-18-5-1-2-6-19(18)15-27-11-10-24-16-27/h1-3,5-8,10-11,13,16,21H,4,9,12,14-15H2,(H,25,28)(H,26,29). The third-order valence-corrected chi connectivity index (χ3v) is 5.08. The number of benzene rings is 2. The molecule has 30 heavy (non-hydrogen) atoms. The number of carbonyl (C=O) groups excluding carboxylic acids is 2. The summed E-state index contributed by atoms with van der Waals surface area (Å²) in [5.41, 5.74) is 3.24. The Bertz CT molecular complexity index is 1010. The Morgan fingerprint density at radius 1 is 1.13 bits per heavy atom. The first-order valence-electron chi connectivity index (χ1n) is 10.0. The molecule has 7 nitrogen and oxygen atoms in total. The molecule has 0 spiro atoms. The first-order chi connectivity index (χ1) is 14.7. The van der Waals surface area contributed by atoms with Crippen LogP contribution in [0.1, 0.15) is 34.3 Å². The van der Waals surface area contributed by atoms with Crippen molar-refractivity contribution in [3.05, 3.63) is 83.9 Å². The minimum absolute atomic E-state index is 0.168. The van der Waals surface area contributed by atoms with Gasteiger partial charge in [-0.15, -0.1) is 0 Å². The van der Waals surface area contributed by atoms with Crippen LogP contribution in [0, 0.1) is 0 Å². The number of imidazole rings is 1. The van der Waals surface area contributed by atoms with Crippen molar-refractivity contribution < 1.29 is 14.3 Å². The summed E-state index contributed by atoms with van der Waals surface area (Å²) < 4.78 is 7.39. The van der Waals surface area contributed by atoms with Crippen molar-refractivity contribution in [2.24, 2.45) is 0 Å². The Hall–Kier alpha value is -3.45. The lowest BCUT2D eigenvalue weighted by molar-refractivity contribution is -0.124. The van der Waals surface area contributed by atoms with Crippen LogP contribution in [-0.2, 0) is 22.6 Å². The molecule has 2 heterocycles. The number of rotatable bonds is 7. The van der Waals surface area contributed by atoms with Crippen LogP contribution >= 0.6 is 0 Å². The summed E-state index contributed by atoms with van der Waals surface area (Å²) in [5.74, 6) is -0.362. The summed E-state index contributed by atoms with van der Waals surface area (Å²) in [4.78, 5) is 29.0. The van der Waals surface area contributed by atoms with Gasteiger partial charge >= 0.3 is 0 Å². The van der Waals surface area contributed by atoms with Gasteiger partial charge in [0.1, 0.15) is 6.10 Å². The summed E-state index contributed by atoms with van der Waals surface area (Å²) in [5, 5.41) is 5.80. The minimum atomic E-state index is -0.408. The molecular formula is C23H24N4O3.